The predicted molar refractivity (Wildman–Crippen MR) is 156 cm³/mol. The van der Waals surface area contributed by atoms with Crippen LogP contribution < -0.4 is 0 Å². The van der Waals surface area contributed by atoms with Crippen molar-refractivity contribution in [3.8, 4) is 0 Å². The Morgan fingerprint density at radius 2 is 1.17 bits per heavy atom. The highest BCUT2D eigenvalue weighted by Gasteiger charge is 2.41. The van der Waals surface area contributed by atoms with E-state index in [1.165, 1.54) is 19.3 Å². The summed E-state index contributed by atoms with van der Waals surface area (Å²) in [6.07, 6.45) is 17.5. The van der Waals surface area contributed by atoms with Gasteiger partial charge in [-0.2, -0.15) is 0 Å². The average Bonchev–Trinajstić information content (AvgIpc) is 2.86. The predicted octanol–water partition coefficient (Wildman–Crippen LogP) is 9.37. The average molecular weight is 532 g/mol. The van der Waals surface area contributed by atoms with Crippen molar-refractivity contribution < 1.29 is 18.8 Å². The van der Waals surface area contributed by atoms with Crippen LogP contribution in [0.15, 0.2) is 0 Å². The van der Waals surface area contributed by atoms with E-state index in [9.17, 15) is 14.3 Å². The van der Waals surface area contributed by atoms with E-state index in [1.807, 2.05) is 11.8 Å². The van der Waals surface area contributed by atoms with Gasteiger partial charge in [-0.1, -0.05) is 125 Å². The summed E-state index contributed by atoms with van der Waals surface area (Å²) in [6.45, 7) is 14.7. The third-order valence-electron chi connectivity index (χ3n) is 7.64. The van der Waals surface area contributed by atoms with E-state index in [1.54, 1.807) is 0 Å². The summed E-state index contributed by atoms with van der Waals surface area (Å²) < 4.78 is 19.0. The van der Waals surface area contributed by atoms with Crippen molar-refractivity contribution in [1.29, 1.82) is 0 Å². The molecular formula is C30H62NO4P. The van der Waals surface area contributed by atoms with Crippen LogP contribution in [0.4, 0.5) is 0 Å². The maximum atomic E-state index is 14.1. The van der Waals surface area contributed by atoms with Gasteiger partial charge in [-0.25, -0.2) is 0 Å². The Kier molecular flexibility index (Phi) is 22.4. The van der Waals surface area contributed by atoms with Gasteiger partial charge in [0.25, 0.3) is 0 Å². The number of amides is 1. The molecule has 0 bridgehead atoms. The number of rotatable bonds is 25. The second-order valence-corrected chi connectivity index (χ2v) is 12.9. The molecule has 0 fully saturated rings. The molecule has 0 saturated carbocycles. The standard InChI is InChI=1S/C30H62NO4P/c1-7-13-17-18-19-20-23-29(36(33,34)35-24-16-10-4)30(32)31(25-27(11-5)21-14-8-2)26-28(12-6)22-15-9-3/h27-29H,7-26H2,1-6H3,(H,33,34). The van der Waals surface area contributed by atoms with Crippen molar-refractivity contribution in [1.82, 2.24) is 4.90 Å². The quantitative estimate of drug-likeness (QED) is 0.0941. The molecular weight excluding hydrogens is 469 g/mol. The molecule has 0 rings (SSSR count). The van der Waals surface area contributed by atoms with E-state index in [0.717, 1.165) is 83.5 Å². The number of unbranched alkanes of at least 4 members (excludes halogenated alkanes) is 8. The van der Waals surface area contributed by atoms with Gasteiger partial charge in [0.1, 0.15) is 5.66 Å². The Morgan fingerprint density at radius 3 is 1.64 bits per heavy atom. The molecule has 4 unspecified atom stereocenters. The van der Waals surface area contributed by atoms with Gasteiger partial charge in [-0.05, 0) is 37.5 Å². The van der Waals surface area contributed by atoms with E-state index in [0.29, 0.717) is 31.3 Å². The molecule has 0 spiro atoms. The lowest BCUT2D eigenvalue weighted by Gasteiger charge is -2.34. The number of nitrogens with zero attached hydrogens (tertiary/aromatic N) is 1. The van der Waals surface area contributed by atoms with Crippen molar-refractivity contribution in [2.45, 2.75) is 156 Å². The molecule has 4 atom stereocenters. The van der Waals surface area contributed by atoms with Crippen LogP contribution in [0.2, 0.25) is 0 Å². The number of hydrogen-bond acceptors (Lipinski definition) is 3. The van der Waals surface area contributed by atoms with Gasteiger partial charge in [0, 0.05) is 13.1 Å². The van der Waals surface area contributed by atoms with Gasteiger partial charge in [0.15, 0.2) is 0 Å². The highest BCUT2D eigenvalue weighted by atomic mass is 31.2. The molecule has 0 aromatic heterocycles. The Bertz CT molecular complexity index is 553. The minimum absolute atomic E-state index is 0.143. The minimum atomic E-state index is -4.04. The van der Waals surface area contributed by atoms with Crippen LogP contribution in [0.25, 0.3) is 0 Å². The monoisotopic (exact) mass is 531 g/mol. The molecule has 0 aromatic carbocycles. The SMILES string of the molecule is CCCCCCCCC(C(=O)N(CC(CC)CCCC)CC(CC)CCCC)P(=O)(O)OCCCC. The van der Waals surface area contributed by atoms with E-state index in [-0.39, 0.29) is 12.5 Å². The molecule has 0 saturated heterocycles. The Labute approximate surface area is 225 Å². The van der Waals surface area contributed by atoms with E-state index >= 15 is 0 Å². The summed E-state index contributed by atoms with van der Waals surface area (Å²) in [6, 6.07) is 0. The fourth-order valence-electron chi connectivity index (χ4n) is 4.90. The highest BCUT2D eigenvalue weighted by Crippen LogP contribution is 2.50. The van der Waals surface area contributed by atoms with Gasteiger partial charge in [0.2, 0.25) is 5.91 Å². The van der Waals surface area contributed by atoms with Crippen LogP contribution >= 0.6 is 7.60 Å². The molecule has 36 heavy (non-hydrogen) atoms. The third kappa shape index (κ3) is 15.8. The fraction of sp³-hybridized carbons (Fsp3) is 0.967. The Hall–Kier alpha value is -0.380. The third-order valence-corrected chi connectivity index (χ3v) is 9.46. The maximum absolute atomic E-state index is 14.1. The van der Waals surface area contributed by atoms with Gasteiger partial charge in [-0.15, -0.1) is 0 Å². The van der Waals surface area contributed by atoms with Gasteiger partial charge in [0.05, 0.1) is 6.61 Å². The van der Waals surface area contributed by atoms with Crippen molar-refractivity contribution >= 4 is 13.5 Å². The molecule has 0 aliphatic rings. The highest BCUT2D eigenvalue weighted by molar-refractivity contribution is 7.54. The molecule has 0 aliphatic carbocycles. The molecule has 0 heterocycles. The van der Waals surface area contributed by atoms with E-state index in [2.05, 4.69) is 34.6 Å². The van der Waals surface area contributed by atoms with Crippen molar-refractivity contribution in [3.05, 3.63) is 0 Å². The second kappa shape index (κ2) is 22.6. The smallest absolute Gasteiger partial charge is 0.340 e. The summed E-state index contributed by atoms with van der Waals surface area (Å²) in [5.41, 5.74) is -0.937. The number of hydrogen-bond donors (Lipinski definition) is 1. The molecule has 0 radical (unpaired) electrons. The molecule has 216 valence electrons. The van der Waals surface area contributed by atoms with Crippen molar-refractivity contribution in [2.75, 3.05) is 19.7 Å². The van der Waals surface area contributed by atoms with E-state index < -0.39 is 13.3 Å². The number of carbonyl (C=O) groups is 1. The normalized spacial score (nSPS) is 15.9. The largest absolute Gasteiger partial charge is 0.341 e. The minimum Gasteiger partial charge on any atom is -0.341 e. The zero-order chi connectivity index (χ0) is 27.2. The maximum Gasteiger partial charge on any atom is 0.340 e. The van der Waals surface area contributed by atoms with Crippen LogP contribution in [-0.2, 0) is 13.9 Å². The van der Waals surface area contributed by atoms with Gasteiger partial charge < -0.3 is 14.3 Å². The van der Waals surface area contributed by atoms with Crippen molar-refractivity contribution in [2.24, 2.45) is 11.8 Å². The summed E-state index contributed by atoms with van der Waals surface area (Å²) in [5, 5.41) is 0. The summed E-state index contributed by atoms with van der Waals surface area (Å²) in [7, 11) is -4.04. The topological polar surface area (TPSA) is 66.8 Å². The lowest BCUT2D eigenvalue weighted by molar-refractivity contribution is -0.132. The van der Waals surface area contributed by atoms with Crippen LogP contribution in [0.1, 0.15) is 151 Å². The first-order chi connectivity index (χ1) is 17.3. The van der Waals surface area contributed by atoms with E-state index in [4.69, 9.17) is 4.52 Å². The second-order valence-electron chi connectivity index (χ2n) is 10.9. The molecule has 6 heteroatoms. The first-order valence-electron chi connectivity index (χ1n) is 15.6. The zero-order valence-corrected chi connectivity index (χ0v) is 25.8. The summed E-state index contributed by atoms with van der Waals surface area (Å²) in [5.74, 6) is 0.730. The first kappa shape index (κ1) is 35.6. The van der Waals surface area contributed by atoms with Crippen LogP contribution in [0.3, 0.4) is 0 Å². The fourth-order valence-corrected chi connectivity index (χ4v) is 6.42. The van der Waals surface area contributed by atoms with Gasteiger partial charge in [-0.3, -0.25) is 9.36 Å². The molecule has 1 N–H and O–H groups in total. The molecule has 0 aliphatic heterocycles. The van der Waals surface area contributed by atoms with Crippen molar-refractivity contribution in [3.63, 3.8) is 0 Å². The van der Waals surface area contributed by atoms with Crippen LogP contribution in [0, 0.1) is 11.8 Å². The Morgan fingerprint density at radius 1 is 0.694 bits per heavy atom. The molecule has 5 nitrogen and oxygen atoms in total. The van der Waals surface area contributed by atoms with Crippen LogP contribution in [0.5, 0.6) is 0 Å². The lowest BCUT2D eigenvalue weighted by atomic mass is 9.95. The Balaban J connectivity index is 5.76. The number of carbonyl (C=O) groups excluding carboxylic acids is 1. The zero-order valence-electron chi connectivity index (χ0n) is 24.9. The van der Waals surface area contributed by atoms with Crippen LogP contribution in [-0.4, -0.2) is 41.1 Å². The van der Waals surface area contributed by atoms with Gasteiger partial charge >= 0.3 is 7.60 Å². The summed E-state index contributed by atoms with van der Waals surface area (Å²) >= 11 is 0. The molecule has 1 amide bonds. The lowest BCUT2D eigenvalue weighted by Crippen LogP contribution is -2.44. The first-order valence-corrected chi connectivity index (χ1v) is 17.2. The molecule has 0 aromatic rings. The summed E-state index contributed by atoms with van der Waals surface area (Å²) in [4.78, 5) is 27.0.